The number of carbonyl (C=O) groups is 1. The molecule has 1 aliphatic heterocycles. The SMILES string of the molecule is COc1ccccc1[C@]1(O)CCCN(C(=O)c2cnn(-c3ccc(F)cc3)c2)C1. The van der Waals surface area contributed by atoms with Crippen molar-refractivity contribution in [2.24, 2.45) is 0 Å². The molecule has 1 aliphatic rings. The van der Waals surface area contributed by atoms with Gasteiger partial charge in [-0.1, -0.05) is 18.2 Å². The second-order valence-electron chi connectivity index (χ2n) is 7.21. The van der Waals surface area contributed by atoms with Crippen LogP contribution in [0.5, 0.6) is 5.75 Å². The molecule has 1 atom stereocenters. The predicted molar refractivity (Wildman–Crippen MR) is 106 cm³/mol. The zero-order valence-corrected chi connectivity index (χ0v) is 16.1. The number of rotatable bonds is 4. The van der Waals surface area contributed by atoms with E-state index in [1.807, 2.05) is 18.2 Å². The number of hydrogen-bond acceptors (Lipinski definition) is 4. The Bertz CT molecular complexity index is 1020. The van der Waals surface area contributed by atoms with E-state index in [2.05, 4.69) is 5.10 Å². The quantitative estimate of drug-likeness (QED) is 0.737. The number of β-amino-alcohol motifs (C(OH)–C–C–N with tert-alkyl or cyclic N) is 1. The van der Waals surface area contributed by atoms with E-state index < -0.39 is 5.60 Å². The van der Waals surface area contributed by atoms with Gasteiger partial charge in [-0.2, -0.15) is 5.10 Å². The van der Waals surface area contributed by atoms with Gasteiger partial charge in [0.1, 0.15) is 17.2 Å². The lowest BCUT2D eigenvalue weighted by Crippen LogP contribution is -2.48. The Kier molecular flexibility index (Phi) is 5.07. The first-order chi connectivity index (χ1) is 14.0. The van der Waals surface area contributed by atoms with Crippen LogP contribution in [0.3, 0.4) is 0 Å². The van der Waals surface area contributed by atoms with Gasteiger partial charge in [0, 0.05) is 18.3 Å². The number of amides is 1. The van der Waals surface area contributed by atoms with Crippen LogP contribution in [-0.2, 0) is 5.60 Å². The van der Waals surface area contributed by atoms with E-state index in [4.69, 9.17) is 4.74 Å². The van der Waals surface area contributed by atoms with Gasteiger partial charge in [-0.3, -0.25) is 4.79 Å². The number of aromatic nitrogens is 2. The summed E-state index contributed by atoms with van der Waals surface area (Å²) in [7, 11) is 1.57. The first-order valence-electron chi connectivity index (χ1n) is 9.46. The van der Waals surface area contributed by atoms with Crippen LogP contribution < -0.4 is 4.74 Å². The van der Waals surface area contributed by atoms with Gasteiger partial charge in [0.2, 0.25) is 0 Å². The number of likely N-dealkylation sites (tertiary alicyclic amines) is 1. The molecular formula is C22H22FN3O3. The molecule has 4 rings (SSSR count). The number of aliphatic hydroxyl groups is 1. The molecule has 0 aliphatic carbocycles. The van der Waals surface area contributed by atoms with Crippen LogP contribution in [0.2, 0.25) is 0 Å². The summed E-state index contributed by atoms with van der Waals surface area (Å²) >= 11 is 0. The van der Waals surface area contributed by atoms with Crippen molar-refractivity contribution in [1.82, 2.24) is 14.7 Å². The van der Waals surface area contributed by atoms with Gasteiger partial charge in [-0.15, -0.1) is 0 Å². The highest BCUT2D eigenvalue weighted by molar-refractivity contribution is 5.94. The molecule has 1 aromatic heterocycles. The largest absolute Gasteiger partial charge is 0.496 e. The molecule has 0 bridgehead atoms. The summed E-state index contributed by atoms with van der Waals surface area (Å²) in [6, 6.07) is 13.2. The molecule has 2 heterocycles. The Morgan fingerprint density at radius 2 is 1.97 bits per heavy atom. The van der Waals surface area contributed by atoms with Gasteiger partial charge in [0.15, 0.2) is 0 Å². The number of halogens is 1. The Labute approximate surface area is 168 Å². The summed E-state index contributed by atoms with van der Waals surface area (Å²) in [6.07, 6.45) is 4.33. The fraction of sp³-hybridized carbons (Fsp3) is 0.273. The van der Waals surface area contributed by atoms with Crippen LogP contribution in [0, 0.1) is 5.82 Å². The zero-order valence-electron chi connectivity index (χ0n) is 16.1. The maximum atomic E-state index is 13.1. The molecule has 150 valence electrons. The molecule has 7 heteroatoms. The number of benzene rings is 2. The van der Waals surface area contributed by atoms with Gasteiger partial charge >= 0.3 is 0 Å². The Balaban J connectivity index is 1.56. The normalized spacial score (nSPS) is 19.2. The minimum absolute atomic E-state index is 0.175. The number of hydrogen-bond donors (Lipinski definition) is 1. The van der Waals surface area contributed by atoms with Crippen molar-refractivity contribution in [3.05, 3.63) is 77.9 Å². The van der Waals surface area contributed by atoms with Crippen molar-refractivity contribution in [2.75, 3.05) is 20.2 Å². The van der Waals surface area contributed by atoms with E-state index in [1.165, 1.54) is 23.0 Å². The van der Waals surface area contributed by atoms with Crippen LogP contribution in [0.25, 0.3) is 5.69 Å². The third-order valence-corrected chi connectivity index (χ3v) is 5.29. The maximum Gasteiger partial charge on any atom is 0.257 e. The number of nitrogens with zero attached hydrogens (tertiary/aromatic N) is 3. The van der Waals surface area contributed by atoms with E-state index in [0.717, 1.165) is 0 Å². The number of carbonyl (C=O) groups excluding carboxylic acids is 1. The van der Waals surface area contributed by atoms with Crippen molar-refractivity contribution in [3.63, 3.8) is 0 Å². The summed E-state index contributed by atoms with van der Waals surface area (Å²) in [5, 5.41) is 15.5. The summed E-state index contributed by atoms with van der Waals surface area (Å²) in [5.41, 5.74) is 0.586. The maximum absolute atomic E-state index is 13.1. The zero-order chi connectivity index (χ0) is 20.4. The van der Waals surface area contributed by atoms with Crippen molar-refractivity contribution < 1.29 is 19.0 Å². The third kappa shape index (κ3) is 3.73. The number of para-hydroxylation sites is 1. The topological polar surface area (TPSA) is 67.6 Å². The van der Waals surface area contributed by atoms with Gasteiger partial charge in [-0.05, 0) is 43.2 Å². The Hall–Kier alpha value is -3.19. The Morgan fingerprint density at radius 3 is 2.72 bits per heavy atom. The van der Waals surface area contributed by atoms with E-state index in [1.54, 1.807) is 36.4 Å². The number of piperidine rings is 1. The average molecular weight is 395 g/mol. The molecule has 3 aromatic rings. The number of ether oxygens (including phenoxy) is 1. The molecule has 0 unspecified atom stereocenters. The van der Waals surface area contributed by atoms with E-state index in [0.29, 0.717) is 42.0 Å². The molecule has 1 saturated heterocycles. The van der Waals surface area contributed by atoms with Crippen LogP contribution >= 0.6 is 0 Å². The molecule has 6 nitrogen and oxygen atoms in total. The van der Waals surface area contributed by atoms with Crippen molar-refractivity contribution in [2.45, 2.75) is 18.4 Å². The molecule has 0 radical (unpaired) electrons. The van der Waals surface area contributed by atoms with E-state index in [9.17, 15) is 14.3 Å². The molecule has 1 fully saturated rings. The Morgan fingerprint density at radius 1 is 1.21 bits per heavy atom. The third-order valence-electron chi connectivity index (χ3n) is 5.29. The lowest BCUT2D eigenvalue weighted by Gasteiger charge is -2.40. The minimum atomic E-state index is -1.17. The van der Waals surface area contributed by atoms with Gasteiger partial charge in [-0.25, -0.2) is 9.07 Å². The monoisotopic (exact) mass is 395 g/mol. The van der Waals surface area contributed by atoms with Crippen LogP contribution in [-0.4, -0.2) is 45.9 Å². The van der Waals surface area contributed by atoms with Gasteiger partial charge in [0.25, 0.3) is 5.91 Å². The molecule has 1 N–H and O–H groups in total. The average Bonchev–Trinajstić information content (AvgIpc) is 3.24. The number of methoxy groups -OCH3 is 1. The van der Waals surface area contributed by atoms with E-state index >= 15 is 0 Å². The molecule has 1 amide bonds. The molecule has 0 spiro atoms. The fourth-order valence-electron chi connectivity index (χ4n) is 3.81. The summed E-state index contributed by atoms with van der Waals surface area (Å²) in [5.74, 6) is 0.0703. The van der Waals surface area contributed by atoms with Gasteiger partial charge in [0.05, 0.1) is 31.1 Å². The molecule has 2 aromatic carbocycles. The predicted octanol–water partition coefficient (Wildman–Crippen LogP) is 3.14. The summed E-state index contributed by atoms with van der Waals surface area (Å²) < 4.78 is 20.1. The van der Waals surface area contributed by atoms with Crippen molar-refractivity contribution in [3.8, 4) is 11.4 Å². The van der Waals surface area contributed by atoms with Crippen molar-refractivity contribution in [1.29, 1.82) is 0 Å². The molecule has 29 heavy (non-hydrogen) atoms. The lowest BCUT2D eigenvalue weighted by atomic mass is 9.85. The van der Waals surface area contributed by atoms with E-state index in [-0.39, 0.29) is 18.3 Å². The molecule has 0 saturated carbocycles. The fourth-order valence-corrected chi connectivity index (χ4v) is 3.81. The molecular weight excluding hydrogens is 373 g/mol. The van der Waals surface area contributed by atoms with Crippen LogP contribution in [0.15, 0.2) is 60.9 Å². The lowest BCUT2D eigenvalue weighted by molar-refractivity contribution is -0.0303. The summed E-state index contributed by atoms with van der Waals surface area (Å²) in [6.45, 7) is 0.728. The highest BCUT2D eigenvalue weighted by atomic mass is 19.1. The smallest absolute Gasteiger partial charge is 0.257 e. The van der Waals surface area contributed by atoms with Crippen LogP contribution in [0.1, 0.15) is 28.8 Å². The van der Waals surface area contributed by atoms with Crippen molar-refractivity contribution >= 4 is 5.91 Å². The first kappa shape index (κ1) is 19.1. The summed E-state index contributed by atoms with van der Waals surface area (Å²) in [4.78, 5) is 14.7. The second-order valence-corrected chi connectivity index (χ2v) is 7.21. The van der Waals surface area contributed by atoms with Crippen LogP contribution in [0.4, 0.5) is 4.39 Å². The first-order valence-corrected chi connectivity index (χ1v) is 9.46. The second kappa shape index (κ2) is 7.67. The highest BCUT2D eigenvalue weighted by Gasteiger charge is 2.39. The minimum Gasteiger partial charge on any atom is -0.496 e. The standard InChI is InChI=1S/C22H22FN3O3/c1-29-20-6-3-2-5-19(20)22(28)11-4-12-25(15-22)21(27)16-13-24-26(14-16)18-9-7-17(23)8-10-18/h2-3,5-10,13-14,28H,4,11-12,15H2,1H3/t22-/m0/s1. The van der Waals surface area contributed by atoms with Gasteiger partial charge < -0.3 is 14.7 Å². The highest BCUT2D eigenvalue weighted by Crippen LogP contribution is 2.37.